The van der Waals surface area contributed by atoms with Crippen LogP contribution in [0.25, 0.3) is 0 Å². The predicted octanol–water partition coefficient (Wildman–Crippen LogP) is 0.962. The Morgan fingerprint density at radius 2 is 2.06 bits per heavy atom. The van der Waals surface area contributed by atoms with Crippen molar-refractivity contribution >= 4 is 5.91 Å². The fourth-order valence-corrected chi connectivity index (χ4v) is 3.22. The first kappa shape index (κ1) is 13.8. The molecule has 2 unspecified atom stereocenters. The topological polar surface area (TPSA) is 58.4 Å². The summed E-state index contributed by atoms with van der Waals surface area (Å²) in [6, 6.07) is 0.437. The van der Waals surface area contributed by atoms with Gasteiger partial charge in [-0.25, -0.2) is 0 Å². The zero-order valence-corrected chi connectivity index (χ0v) is 11.5. The smallest absolute Gasteiger partial charge is 0.234 e. The summed E-state index contributed by atoms with van der Waals surface area (Å²) in [5.41, 5.74) is 5.79. The van der Waals surface area contributed by atoms with E-state index in [2.05, 4.69) is 17.1 Å². The molecule has 4 nitrogen and oxygen atoms in total. The lowest BCUT2D eigenvalue weighted by Gasteiger charge is -2.36. The van der Waals surface area contributed by atoms with Gasteiger partial charge in [0.05, 0.1) is 6.54 Å². The summed E-state index contributed by atoms with van der Waals surface area (Å²) < 4.78 is 0. The Kier molecular flexibility index (Phi) is 5.01. The maximum absolute atomic E-state index is 12.0. The van der Waals surface area contributed by atoms with Crippen LogP contribution < -0.4 is 11.1 Å². The van der Waals surface area contributed by atoms with E-state index in [1.54, 1.807) is 0 Å². The first-order valence-electron chi connectivity index (χ1n) is 7.41. The first-order valence-corrected chi connectivity index (χ1v) is 7.41. The van der Waals surface area contributed by atoms with Crippen molar-refractivity contribution in [1.29, 1.82) is 0 Å². The molecule has 1 saturated carbocycles. The van der Waals surface area contributed by atoms with Crippen molar-refractivity contribution in [3.8, 4) is 0 Å². The highest BCUT2D eigenvalue weighted by Gasteiger charge is 2.26. The van der Waals surface area contributed by atoms with E-state index in [-0.39, 0.29) is 5.91 Å². The summed E-state index contributed by atoms with van der Waals surface area (Å²) in [4.78, 5) is 14.2. The molecule has 4 heteroatoms. The summed E-state index contributed by atoms with van der Waals surface area (Å²) in [5, 5.41) is 3.16. The average Bonchev–Trinajstić information content (AvgIpc) is 2.84. The van der Waals surface area contributed by atoms with Crippen LogP contribution >= 0.6 is 0 Å². The van der Waals surface area contributed by atoms with Crippen LogP contribution in [0, 0.1) is 11.8 Å². The van der Waals surface area contributed by atoms with Crippen molar-refractivity contribution in [3.05, 3.63) is 0 Å². The molecule has 0 radical (unpaired) electrons. The molecule has 2 rings (SSSR count). The molecule has 0 aromatic carbocycles. The van der Waals surface area contributed by atoms with Gasteiger partial charge in [-0.2, -0.15) is 0 Å². The van der Waals surface area contributed by atoms with Gasteiger partial charge in [-0.3, -0.25) is 9.69 Å². The Morgan fingerprint density at radius 3 is 2.72 bits per heavy atom. The number of likely N-dealkylation sites (tertiary alicyclic amines) is 1. The van der Waals surface area contributed by atoms with Gasteiger partial charge in [0.25, 0.3) is 0 Å². The monoisotopic (exact) mass is 253 g/mol. The van der Waals surface area contributed by atoms with Gasteiger partial charge in [0, 0.05) is 12.6 Å². The van der Waals surface area contributed by atoms with Crippen molar-refractivity contribution in [1.82, 2.24) is 10.2 Å². The molecular weight excluding hydrogens is 226 g/mol. The fourth-order valence-electron chi connectivity index (χ4n) is 3.22. The van der Waals surface area contributed by atoms with Crippen LogP contribution in [0.2, 0.25) is 0 Å². The molecule has 2 atom stereocenters. The number of rotatable bonds is 4. The third-order valence-corrected chi connectivity index (χ3v) is 4.59. The predicted molar refractivity (Wildman–Crippen MR) is 73.2 cm³/mol. The number of piperidine rings is 1. The van der Waals surface area contributed by atoms with E-state index >= 15 is 0 Å². The minimum atomic E-state index is 0.201. The van der Waals surface area contributed by atoms with Gasteiger partial charge in [-0.1, -0.05) is 19.8 Å². The third kappa shape index (κ3) is 3.69. The van der Waals surface area contributed by atoms with Crippen molar-refractivity contribution in [2.45, 2.75) is 45.1 Å². The molecular formula is C14H27N3O. The Morgan fingerprint density at radius 1 is 1.33 bits per heavy atom. The SMILES string of the molecule is CC1CCN(CC(=O)NC2CCCC2)CC1CN. The molecule has 18 heavy (non-hydrogen) atoms. The van der Waals surface area contributed by atoms with E-state index in [1.165, 1.54) is 19.3 Å². The highest BCUT2D eigenvalue weighted by atomic mass is 16.2. The largest absolute Gasteiger partial charge is 0.352 e. The Bertz CT molecular complexity index is 276. The Labute approximate surface area is 110 Å². The van der Waals surface area contributed by atoms with Crippen LogP contribution in [-0.2, 0) is 4.79 Å². The molecule has 1 aliphatic carbocycles. The van der Waals surface area contributed by atoms with Gasteiger partial charge in [0.2, 0.25) is 5.91 Å². The van der Waals surface area contributed by atoms with Crippen LogP contribution in [0.1, 0.15) is 39.0 Å². The zero-order valence-electron chi connectivity index (χ0n) is 11.5. The molecule has 1 amide bonds. The quantitative estimate of drug-likeness (QED) is 0.784. The zero-order chi connectivity index (χ0) is 13.0. The van der Waals surface area contributed by atoms with E-state index < -0.39 is 0 Å². The number of amides is 1. The number of nitrogens with two attached hydrogens (primary N) is 1. The molecule has 0 spiro atoms. The van der Waals surface area contributed by atoms with Gasteiger partial charge < -0.3 is 11.1 Å². The van der Waals surface area contributed by atoms with Crippen molar-refractivity contribution in [2.75, 3.05) is 26.2 Å². The average molecular weight is 253 g/mol. The minimum Gasteiger partial charge on any atom is -0.352 e. The van der Waals surface area contributed by atoms with Crippen LogP contribution in [0.15, 0.2) is 0 Å². The van der Waals surface area contributed by atoms with Gasteiger partial charge in [-0.05, 0) is 44.2 Å². The number of hydrogen-bond acceptors (Lipinski definition) is 3. The maximum atomic E-state index is 12.0. The van der Waals surface area contributed by atoms with Gasteiger partial charge in [0.15, 0.2) is 0 Å². The van der Waals surface area contributed by atoms with Crippen LogP contribution in [0.5, 0.6) is 0 Å². The van der Waals surface area contributed by atoms with Crippen molar-refractivity contribution in [2.24, 2.45) is 17.6 Å². The van der Waals surface area contributed by atoms with E-state index in [0.29, 0.717) is 24.4 Å². The summed E-state index contributed by atoms with van der Waals surface area (Å²) in [6.45, 7) is 5.58. The molecule has 0 aromatic heterocycles. The first-order chi connectivity index (χ1) is 8.69. The Balaban J connectivity index is 1.73. The maximum Gasteiger partial charge on any atom is 0.234 e. The molecule has 3 N–H and O–H groups in total. The minimum absolute atomic E-state index is 0.201. The second kappa shape index (κ2) is 6.53. The van der Waals surface area contributed by atoms with Crippen molar-refractivity contribution < 1.29 is 4.79 Å². The third-order valence-electron chi connectivity index (χ3n) is 4.59. The lowest BCUT2D eigenvalue weighted by atomic mass is 9.87. The van der Waals surface area contributed by atoms with E-state index in [9.17, 15) is 4.79 Å². The van der Waals surface area contributed by atoms with Crippen LogP contribution in [0.3, 0.4) is 0 Å². The second-order valence-electron chi connectivity index (χ2n) is 6.05. The van der Waals surface area contributed by atoms with Gasteiger partial charge in [0.1, 0.15) is 0 Å². The molecule has 1 aliphatic heterocycles. The second-order valence-corrected chi connectivity index (χ2v) is 6.05. The summed E-state index contributed by atoms with van der Waals surface area (Å²) >= 11 is 0. The van der Waals surface area contributed by atoms with E-state index in [0.717, 1.165) is 32.5 Å². The number of hydrogen-bond donors (Lipinski definition) is 2. The number of nitrogens with one attached hydrogen (secondary N) is 1. The van der Waals surface area contributed by atoms with Crippen LogP contribution in [0.4, 0.5) is 0 Å². The van der Waals surface area contributed by atoms with Crippen LogP contribution in [-0.4, -0.2) is 43.0 Å². The highest BCUT2D eigenvalue weighted by molar-refractivity contribution is 5.78. The molecule has 2 fully saturated rings. The van der Waals surface area contributed by atoms with E-state index in [1.807, 2.05) is 0 Å². The van der Waals surface area contributed by atoms with E-state index in [4.69, 9.17) is 5.73 Å². The normalized spacial score (nSPS) is 30.6. The lowest BCUT2D eigenvalue weighted by Crippen LogP contribution is -2.47. The van der Waals surface area contributed by atoms with Crippen molar-refractivity contribution in [3.63, 3.8) is 0 Å². The molecule has 1 saturated heterocycles. The number of carbonyl (C=O) groups is 1. The number of nitrogens with zero attached hydrogens (tertiary/aromatic N) is 1. The summed E-state index contributed by atoms with van der Waals surface area (Å²) in [5.74, 6) is 1.45. The van der Waals surface area contributed by atoms with Gasteiger partial charge in [-0.15, -0.1) is 0 Å². The fraction of sp³-hybridized carbons (Fsp3) is 0.929. The standard InChI is InChI=1S/C14H27N3O/c1-11-6-7-17(9-12(11)8-15)10-14(18)16-13-4-2-3-5-13/h11-13H,2-10,15H2,1H3,(H,16,18). The number of carbonyl (C=O) groups excluding carboxylic acids is 1. The lowest BCUT2D eigenvalue weighted by molar-refractivity contribution is -0.123. The molecule has 1 heterocycles. The van der Waals surface area contributed by atoms with Gasteiger partial charge >= 0.3 is 0 Å². The molecule has 104 valence electrons. The molecule has 2 aliphatic rings. The highest BCUT2D eigenvalue weighted by Crippen LogP contribution is 2.22. The summed E-state index contributed by atoms with van der Waals surface area (Å²) in [7, 11) is 0. The summed E-state index contributed by atoms with van der Waals surface area (Å²) in [6.07, 6.45) is 6.02. The Hall–Kier alpha value is -0.610. The molecule has 0 aromatic rings. The molecule has 0 bridgehead atoms.